The number of rotatable bonds is 3. The normalized spacial score (nSPS) is 10.6. The van der Waals surface area contributed by atoms with E-state index < -0.39 is 0 Å². The molecule has 2 rings (SSSR count). The third kappa shape index (κ3) is 1.62. The maximum Gasteiger partial charge on any atom is 0.323 e. The Kier molecular flexibility index (Phi) is 2.24. The number of imidazole rings is 1. The number of benzene rings is 1. The molecule has 5 heteroatoms. The van der Waals surface area contributed by atoms with Crippen molar-refractivity contribution in [2.24, 2.45) is 0 Å². The first-order valence-corrected chi connectivity index (χ1v) is 4.36. The molecule has 14 heavy (non-hydrogen) atoms. The third-order valence-corrected chi connectivity index (χ3v) is 1.96. The average molecular weight is 193 g/mol. The minimum Gasteiger partial charge on any atom is -0.395 e. The smallest absolute Gasteiger partial charge is 0.323 e. The van der Waals surface area contributed by atoms with Gasteiger partial charge in [0.2, 0.25) is 0 Å². The number of hydrogen-bond acceptors (Lipinski definition) is 3. The predicted molar refractivity (Wildman–Crippen MR) is 54.5 cm³/mol. The molecule has 0 saturated carbocycles. The molecule has 0 fully saturated rings. The van der Waals surface area contributed by atoms with E-state index >= 15 is 0 Å². The zero-order chi connectivity index (χ0) is 9.97. The summed E-state index contributed by atoms with van der Waals surface area (Å²) < 4.78 is 0. The molecule has 0 aliphatic heterocycles. The number of aromatic nitrogens is 2. The summed E-state index contributed by atoms with van der Waals surface area (Å²) in [5, 5.41) is 11.6. The molecule has 74 valence electrons. The molecular weight excluding hydrogens is 182 g/mol. The summed E-state index contributed by atoms with van der Waals surface area (Å²) in [6.45, 7) is 0.585. The molecule has 1 aromatic heterocycles. The van der Waals surface area contributed by atoms with Crippen molar-refractivity contribution in [2.45, 2.75) is 0 Å². The van der Waals surface area contributed by atoms with E-state index in [-0.39, 0.29) is 12.3 Å². The van der Waals surface area contributed by atoms with Crippen LogP contribution in [0.5, 0.6) is 0 Å². The minimum absolute atomic E-state index is 0.0850. The van der Waals surface area contributed by atoms with Crippen molar-refractivity contribution in [1.82, 2.24) is 9.97 Å². The predicted octanol–water partition coefficient (Wildman–Crippen LogP) is 0.260. The van der Waals surface area contributed by atoms with Gasteiger partial charge >= 0.3 is 5.69 Å². The van der Waals surface area contributed by atoms with E-state index in [4.69, 9.17) is 5.11 Å². The Morgan fingerprint density at radius 1 is 1.29 bits per heavy atom. The van der Waals surface area contributed by atoms with Gasteiger partial charge in [-0.05, 0) is 18.2 Å². The van der Waals surface area contributed by atoms with Gasteiger partial charge in [0, 0.05) is 12.2 Å². The van der Waals surface area contributed by atoms with Crippen molar-refractivity contribution >= 4 is 16.7 Å². The highest BCUT2D eigenvalue weighted by atomic mass is 16.3. The molecule has 0 atom stereocenters. The van der Waals surface area contributed by atoms with Crippen molar-refractivity contribution in [1.29, 1.82) is 0 Å². The topological polar surface area (TPSA) is 80.9 Å². The quantitative estimate of drug-likeness (QED) is 0.564. The van der Waals surface area contributed by atoms with Gasteiger partial charge in [0.25, 0.3) is 0 Å². The Balaban J connectivity index is 2.35. The van der Waals surface area contributed by atoms with Gasteiger partial charge in [-0.1, -0.05) is 0 Å². The summed E-state index contributed by atoms with van der Waals surface area (Å²) in [4.78, 5) is 16.3. The van der Waals surface area contributed by atoms with Crippen LogP contribution in [0.25, 0.3) is 11.0 Å². The molecule has 0 saturated heterocycles. The van der Waals surface area contributed by atoms with Crippen molar-refractivity contribution in [3.8, 4) is 0 Å². The van der Waals surface area contributed by atoms with E-state index in [0.29, 0.717) is 6.54 Å². The van der Waals surface area contributed by atoms with Crippen LogP contribution in [0.4, 0.5) is 5.69 Å². The van der Waals surface area contributed by atoms with E-state index in [1.54, 1.807) is 0 Å². The number of hydrogen-bond donors (Lipinski definition) is 4. The van der Waals surface area contributed by atoms with Crippen LogP contribution in [0.2, 0.25) is 0 Å². The molecule has 0 aliphatic carbocycles. The van der Waals surface area contributed by atoms with Crippen molar-refractivity contribution in [2.75, 3.05) is 18.5 Å². The highest BCUT2D eigenvalue weighted by Gasteiger charge is 1.98. The lowest BCUT2D eigenvalue weighted by Gasteiger charge is -2.02. The Morgan fingerprint density at radius 3 is 2.86 bits per heavy atom. The Bertz CT molecular complexity index is 486. The molecule has 0 spiro atoms. The van der Waals surface area contributed by atoms with Gasteiger partial charge in [-0.25, -0.2) is 4.79 Å². The van der Waals surface area contributed by atoms with E-state index in [9.17, 15) is 4.79 Å². The minimum atomic E-state index is -0.209. The second-order valence-corrected chi connectivity index (χ2v) is 2.99. The molecule has 0 aliphatic rings. The monoisotopic (exact) mass is 193 g/mol. The van der Waals surface area contributed by atoms with Crippen molar-refractivity contribution < 1.29 is 5.11 Å². The van der Waals surface area contributed by atoms with E-state index in [0.717, 1.165) is 16.7 Å². The summed E-state index contributed by atoms with van der Waals surface area (Å²) in [6, 6.07) is 5.48. The maximum atomic E-state index is 10.9. The summed E-state index contributed by atoms with van der Waals surface area (Å²) in [7, 11) is 0. The van der Waals surface area contributed by atoms with Crippen LogP contribution in [0.1, 0.15) is 0 Å². The fourth-order valence-electron chi connectivity index (χ4n) is 1.34. The number of nitrogens with one attached hydrogen (secondary N) is 3. The molecule has 1 heterocycles. The largest absolute Gasteiger partial charge is 0.395 e. The second-order valence-electron chi connectivity index (χ2n) is 2.99. The number of anilines is 1. The van der Waals surface area contributed by atoms with Gasteiger partial charge in [0.1, 0.15) is 0 Å². The van der Waals surface area contributed by atoms with Gasteiger partial charge in [-0.3, -0.25) is 0 Å². The summed E-state index contributed by atoms with van der Waals surface area (Å²) in [5.74, 6) is 0. The lowest BCUT2D eigenvalue weighted by atomic mass is 10.3. The molecule has 0 amide bonds. The van der Waals surface area contributed by atoms with Gasteiger partial charge < -0.3 is 20.4 Å². The fraction of sp³-hybridized carbons (Fsp3) is 0.222. The molecule has 5 nitrogen and oxygen atoms in total. The maximum absolute atomic E-state index is 10.9. The van der Waals surface area contributed by atoms with Crippen molar-refractivity contribution in [3.05, 3.63) is 28.7 Å². The molecule has 2 aromatic rings. The number of aliphatic hydroxyl groups is 1. The summed E-state index contributed by atoms with van der Waals surface area (Å²) in [6.07, 6.45) is 0. The number of fused-ring (bicyclic) bond motifs is 1. The molecule has 0 bridgehead atoms. The van der Waals surface area contributed by atoms with Crippen LogP contribution in [-0.4, -0.2) is 28.2 Å². The highest BCUT2D eigenvalue weighted by Crippen LogP contribution is 2.13. The van der Waals surface area contributed by atoms with Gasteiger partial charge in [0.05, 0.1) is 17.6 Å². The SMILES string of the molecule is O=c1[nH]c2ccc(NCCO)cc2[nH]1. The van der Waals surface area contributed by atoms with Crippen LogP contribution in [0.15, 0.2) is 23.0 Å². The highest BCUT2D eigenvalue weighted by molar-refractivity contribution is 5.78. The van der Waals surface area contributed by atoms with Gasteiger partial charge in [-0.15, -0.1) is 0 Å². The molecule has 0 radical (unpaired) electrons. The van der Waals surface area contributed by atoms with E-state index in [1.165, 1.54) is 0 Å². The zero-order valence-electron chi connectivity index (χ0n) is 7.50. The summed E-state index contributed by atoms with van der Waals surface area (Å²) in [5.41, 5.74) is 2.21. The van der Waals surface area contributed by atoms with Crippen LogP contribution in [0.3, 0.4) is 0 Å². The lowest BCUT2D eigenvalue weighted by molar-refractivity contribution is 0.311. The average Bonchev–Trinajstić information content (AvgIpc) is 2.54. The van der Waals surface area contributed by atoms with E-state index in [2.05, 4.69) is 15.3 Å². The Labute approximate surface area is 79.8 Å². The van der Waals surface area contributed by atoms with E-state index in [1.807, 2.05) is 18.2 Å². The molecule has 1 aromatic carbocycles. The summed E-state index contributed by atoms with van der Waals surface area (Å²) >= 11 is 0. The molecule has 0 unspecified atom stereocenters. The van der Waals surface area contributed by atoms with Crippen LogP contribution in [-0.2, 0) is 0 Å². The van der Waals surface area contributed by atoms with Gasteiger partial charge in [0.15, 0.2) is 0 Å². The lowest BCUT2D eigenvalue weighted by Crippen LogP contribution is -2.04. The first-order chi connectivity index (χ1) is 6.79. The fourth-order valence-corrected chi connectivity index (χ4v) is 1.34. The van der Waals surface area contributed by atoms with Gasteiger partial charge in [-0.2, -0.15) is 0 Å². The van der Waals surface area contributed by atoms with Crippen LogP contribution >= 0.6 is 0 Å². The van der Waals surface area contributed by atoms with Crippen LogP contribution < -0.4 is 11.0 Å². The third-order valence-electron chi connectivity index (χ3n) is 1.96. The zero-order valence-corrected chi connectivity index (χ0v) is 7.50. The first-order valence-electron chi connectivity index (χ1n) is 4.36. The van der Waals surface area contributed by atoms with Crippen molar-refractivity contribution in [3.63, 3.8) is 0 Å². The Hall–Kier alpha value is -1.75. The molecular formula is C9H11N3O2. The number of H-pyrrole nitrogens is 2. The standard InChI is InChI=1S/C9H11N3O2/c13-4-3-10-6-1-2-7-8(5-6)12-9(14)11-7/h1-2,5,10,13H,3-4H2,(H2,11,12,14). The number of aromatic amines is 2. The molecule has 4 N–H and O–H groups in total. The van der Waals surface area contributed by atoms with Crippen LogP contribution in [0, 0.1) is 0 Å². The Morgan fingerprint density at radius 2 is 2.07 bits per heavy atom. The second kappa shape index (κ2) is 3.55. The first kappa shape index (κ1) is 8.83. The number of aliphatic hydroxyl groups excluding tert-OH is 1.